The first-order valence-corrected chi connectivity index (χ1v) is 35.2. The van der Waals surface area contributed by atoms with Crippen LogP contribution >= 0.6 is 0 Å². The third-order valence-electron chi connectivity index (χ3n) is 19.9. The number of epoxide rings is 2. The highest BCUT2D eigenvalue weighted by Gasteiger charge is 2.49. The number of amides is 6. The lowest BCUT2D eigenvalue weighted by Crippen LogP contribution is -2.50. The quantitative estimate of drug-likeness (QED) is 0.0162. The first-order valence-electron chi connectivity index (χ1n) is 35.2. The summed E-state index contributed by atoms with van der Waals surface area (Å²) >= 11 is 0. The summed E-state index contributed by atoms with van der Waals surface area (Å²) in [5.41, 5.74) is 6.94. The highest BCUT2D eigenvalue weighted by molar-refractivity contribution is 6.45. The summed E-state index contributed by atoms with van der Waals surface area (Å²) in [4.78, 5) is 113. The summed E-state index contributed by atoms with van der Waals surface area (Å²) in [7, 11) is 0. The van der Waals surface area contributed by atoms with Crippen LogP contribution in [0.3, 0.4) is 0 Å². The van der Waals surface area contributed by atoms with E-state index in [1.807, 2.05) is 142 Å². The molecule has 9 aromatic carbocycles. The summed E-state index contributed by atoms with van der Waals surface area (Å²) in [6.45, 7) is 22.0. The maximum Gasteiger partial charge on any atom is 0.262 e. The Labute approximate surface area is 601 Å². The van der Waals surface area contributed by atoms with E-state index in [9.17, 15) is 0 Å². The number of likely N-dealkylation sites (N-methyl/N-ethyl adjacent to an activating group) is 2. The van der Waals surface area contributed by atoms with Crippen molar-refractivity contribution in [1.29, 1.82) is 0 Å². The smallest absolute Gasteiger partial charge is 0.262 e. The van der Waals surface area contributed by atoms with E-state index in [0.29, 0.717) is 49.4 Å². The van der Waals surface area contributed by atoms with Gasteiger partial charge in [0.05, 0.1) is 73.3 Å². The number of aromatic nitrogens is 2. The van der Waals surface area contributed by atoms with Gasteiger partial charge in [0.25, 0.3) is 35.4 Å². The Bertz CT molecular complexity index is 4760. The van der Waals surface area contributed by atoms with E-state index < -0.39 is 47.5 Å². The van der Waals surface area contributed by atoms with E-state index in [1.54, 1.807) is 70.5 Å². The van der Waals surface area contributed by atoms with Gasteiger partial charge in [-0.25, -0.2) is 0 Å². The Balaban J connectivity index is 1.07. The van der Waals surface area contributed by atoms with Crippen molar-refractivity contribution in [3.63, 3.8) is 0 Å². The molecule has 0 bridgehead atoms. The predicted octanol–water partition coefficient (Wildman–Crippen LogP) is 15.4. The lowest BCUT2D eigenvalue weighted by Gasteiger charge is -2.37. The molecule has 11 aromatic rings. The second-order valence-electron chi connectivity index (χ2n) is 27.3. The van der Waals surface area contributed by atoms with Crippen LogP contribution in [0.25, 0.3) is 43.1 Å². The monoisotopic (exact) mass is 1390 g/mol. The average Bonchev–Trinajstić information content (AvgIpc) is 0.763. The van der Waals surface area contributed by atoms with Crippen LogP contribution in [-0.4, -0.2) is 143 Å². The van der Waals surface area contributed by atoms with Crippen LogP contribution in [0.15, 0.2) is 146 Å². The minimum atomic E-state index is -1.60. The second-order valence-corrected chi connectivity index (χ2v) is 27.3. The molecule has 0 N–H and O–H groups in total. The van der Waals surface area contributed by atoms with E-state index >= 15 is 28.8 Å². The topological polar surface area (TPSA) is 222 Å². The van der Waals surface area contributed by atoms with Gasteiger partial charge in [0, 0.05) is 81.7 Å². The summed E-state index contributed by atoms with van der Waals surface area (Å²) in [6.07, 6.45) is 2.99. The third kappa shape index (κ3) is 12.6. The van der Waals surface area contributed by atoms with Gasteiger partial charge >= 0.3 is 0 Å². The number of hydrogen-bond donors (Lipinski definition) is 0. The lowest BCUT2D eigenvalue weighted by molar-refractivity contribution is -0.137. The Kier molecular flexibility index (Phi) is 18.4. The number of imide groups is 2. The van der Waals surface area contributed by atoms with Crippen molar-refractivity contribution in [3.05, 3.63) is 224 Å². The van der Waals surface area contributed by atoms with Gasteiger partial charge in [0.15, 0.2) is 12.1 Å². The number of ether oxygens (including phenoxy) is 8. The molecule has 0 aliphatic carbocycles. The van der Waals surface area contributed by atoms with Crippen LogP contribution < -0.4 is 18.9 Å². The second kappa shape index (κ2) is 27.9. The summed E-state index contributed by atoms with van der Waals surface area (Å²) in [5, 5.41) is 2.07. The SMILES string of the molecule is CCN(CCOCC1CO1)C(=O)C(c1ccccn1)N1C(=O)c2cc(Oc3ccc(C)cc3C)c3c4c(Oc5ccc(C)cc5C)cc5c6c(cc(Oc7ccc(C)cc7C)c(c7c(Oc8ccc(C)cc8C)cc(c2c37)C1=O)c64)C(=O)N(C(C(=O)N(CC)CCOCC1CO1)c1ccccn1)C5=O. The zero-order valence-electron chi connectivity index (χ0n) is 59.6. The summed E-state index contributed by atoms with van der Waals surface area (Å²) in [5.74, 6) is -2.55. The van der Waals surface area contributed by atoms with Crippen LogP contribution in [0.4, 0.5) is 0 Å². The molecule has 0 radical (unpaired) electrons. The van der Waals surface area contributed by atoms with E-state index in [-0.39, 0.29) is 151 Å². The fourth-order valence-electron chi connectivity index (χ4n) is 14.6. The number of carbonyl (C=O) groups is 6. The predicted molar refractivity (Wildman–Crippen MR) is 392 cm³/mol. The number of benzene rings is 9. The van der Waals surface area contributed by atoms with Crippen molar-refractivity contribution in [1.82, 2.24) is 29.6 Å². The molecule has 20 nitrogen and oxygen atoms in total. The molecule has 2 aromatic heterocycles. The average molecular weight is 1400 g/mol. The molecule has 4 atom stereocenters. The van der Waals surface area contributed by atoms with Gasteiger partial charge in [0.1, 0.15) is 58.2 Å². The molecule has 4 aliphatic rings. The molecule has 2 fully saturated rings. The molecule has 2 saturated heterocycles. The van der Waals surface area contributed by atoms with Crippen LogP contribution in [0.5, 0.6) is 46.0 Å². The van der Waals surface area contributed by atoms with E-state index in [1.165, 1.54) is 12.4 Å². The molecule has 20 heteroatoms. The van der Waals surface area contributed by atoms with Gasteiger partial charge in [-0.1, -0.05) is 82.9 Å². The van der Waals surface area contributed by atoms with Gasteiger partial charge in [-0.2, -0.15) is 0 Å². The minimum absolute atomic E-state index is 0.0134. The van der Waals surface area contributed by atoms with Crippen molar-refractivity contribution in [3.8, 4) is 46.0 Å². The number of carbonyl (C=O) groups excluding carboxylic acids is 6. The van der Waals surface area contributed by atoms with Gasteiger partial charge in [0.2, 0.25) is 0 Å². The van der Waals surface area contributed by atoms with Gasteiger partial charge in [-0.05, 0) is 164 Å². The molecule has 0 saturated carbocycles. The van der Waals surface area contributed by atoms with Crippen LogP contribution in [-0.2, 0) is 28.5 Å². The molecule has 0 spiro atoms. The molecule has 528 valence electrons. The molecule has 6 heterocycles. The van der Waals surface area contributed by atoms with Crippen molar-refractivity contribution < 1.29 is 66.7 Å². The Morgan fingerprint density at radius 2 is 0.712 bits per heavy atom. The molecule has 15 rings (SSSR count). The zero-order valence-corrected chi connectivity index (χ0v) is 59.6. The number of pyridine rings is 2. The maximum absolute atomic E-state index is 16.7. The third-order valence-corrected chi connectivity index (χ3v) is 19.9. The fourth-order valence-corrected chi connectivity index (χ4v) is 14.6. The first kappa shape index (κ1) is 68.6. The van der Waals surface area contributed by atoms with Crippen molar-refractivity contribution in [2.75, 3.05) is 65.8 Å². The molecule has 4 aliphatic heterocycles. The number of nitrogens with zero attached hydrogens (tertiary/aromatic N) is 6. The van der Waals surface area contributed by atoms with Gasteiger partial charge in [-0.3, -0.25) is 48.5 Å². The van der Waals surface area contributed by atoms with Crippen molar-refractivity contribution in [2.45, 2.75) is 93.5 Å². The number of hydrogen-bond acceptors (Lipinski definition) is 16. The number of aryl methyl sites for hydroxylation is 8. The molecular weight excluding hydrogens is 1320 g/mol. The fraction of sp³-hybridized carbons (Fsp3) is 0.286. The first-order chi connectivity index (χ1) is 50.3. The standard InChI is InChI=1S/C84H78N6O14/c1-11-87(29-31-97-41-53-43-99-53)83(95)77(59-17-13-15-27-85-59)89-79(91)55-37-65(101-61-23-19-45(3)33-49(61)7)71-73-67(103-63-25-21-47(5)35-51(63)9)39-57-70-58(82(94)90(81(57)93)78(60-18-14-16-28-86-60)84(96)88(12-2)30-32-98-42-54-44-100-54)40-68(104-64-26-22-48(6)36-52(64)10)74(76(70)73)72-66(38-56(80(89)92)69(55)75(71)72)102-62-24-20-46(4)34-50(62)8/h13-28,33-40,53-54,77-78H,11-12,29-32,41-44H2,1-10H3. The minimum Gasteiger partial charge on any atom is -0.456 e. The molecule has 4 unspecified atom stereocenters. The highest BCUT2D eigenvalue weighted by Crippen LogP contribution is 2.59. The van der Waals surface area contributed by atoms with Crippen LogP contribution in [0, 0.1) is 55.4 Å². The van der Waals surface area contributed by atoms with Crippen molar-refractivity contribution >= 4 is 78.5 Å². The van der Waals surface area contributed by atoms with Gasteiger partial charge < -0.3 is 47.7 Å². The lowest BCUT2D eigenvalue weighted by atomic mass is 9.80. The Morgan fingerprint density at radius 1 is 0.413 bits per heavy atom. The molecule has 6 amide bonds. The Hall–Kier alpha value is -11.2. The highest BCUT2D eigenvalue weighted by atomic mass is 16.6. The maximum atomic E-state index is 16.7. The largest absolute Gasteiger partial charge is 0.456 e. The number of rotatable bonds is 26. The molecular formula is C84H78N6O14. The zero-order chi connectivity index (χ0) is 72.5. The number of fused-ring (bicyclic) bond motifs is 2. The Morgan fingerprint density at radius 3 is 0.962 bits per heavy atom. The normalized spacial score (nSPS) is 15.9. The van der Waals surface area contributed by atoms with Crippen LogP contribution in [0.1, 0.15) is 123 Å². The summed E-state index contributed by atoms with van der Waals surface area (Å²) in [6, 6.07) is 36.1. The summed E-state index contributed by atoms with van der Waals surface area (Å²) < 4.78 is 52.3. The van der Waals surface area contributed by atoms with E-state index in [2.05, 4.69) is 9.97 Å². The van der Waals surface area contributed by atoms with E-state index in [0.717, 1.165) is 54.3 Å². The van der Waals surface area contributed by atoms with Crippen LogP contribution in [0.2, 0.25) is 0 Å². The van der Waals surface area contributed by atoms with E-state index in [4.69, 9.17) is 37.9 Å². The molecule has 104 heavy (non-hydrogen) atoms. The van der Waals surface area contributed by atoms with Gasteiger partial charge in [-0.15, -0.1) is 0 Å². The van der Waals surface area contributed by atoms with Crippen molar-refractivity contribution in [2.24, 2.45) is 0 Å².